The average molecular weight is 1220 g/mol. The third-order valence-electron chi connectivity index (χ3n) is 26.7. The zero-order valence-electron chi connectivity index (χ0n) is 62.4. The molecule has 6 saturated carbocycles. The van der Waals surface area contributed by atoms with Crippen molar-refractivity contribution in [3.63, 3.8) is 0 Å². The molecule has 0 radical (unpaired) electrons. The lowest BCUT2D eigenvalue weighted by Crippen LogP contribution is -2.59. The Morgan fingerprint density at radius 2 is 0.460 bits per heavy atom. The predicted octanol–water partition coefficient (Wildman–Crippen LogP) is 18.6. The van der Waals surface area contributed by atoms with Crippen LogP contribution in [0.1, 0.15) is 325 Å². The number of nitrogens with zero attached hydrogens (tertiary/aromatic N) is 7. The first kappa shape index (κ1) is 72.5. The van der Waals surface area contributed by atoms with Crippen molar-refractivity contribution >= 4 is 0 Å². The van der Waals surface area contributed by atoms with Gasteiger partial charge in [0.2, 0.25) is 0 Å². The lowest BCUT2D eigenvalue weighted by molar-refractivity contribution is -0.145. The molecule has 0 aromatic rings. The molecule has 8 heterocycles. The lowest BCUT2D eigenvalue weighted by atomic mass is 9.63. The number of piperidine rings is 3. The van der Waals surface area contributed by atoms with Crippen LogP contribution in [0.5, 0.6) is 0 Å². The van der Waals surface area contributed by atoms with Crippen LogP contribution in [-0.4, -0.2) is 178 Å². The number of rotatable bonds is 1. The fourth-order valence-corrected chi connectivity index (χ4v) is 18.2. The van der Waals surface area contributed by atoms with Crippen LogP contribution in [0.4, 0.5) is 0 Å². The summed E-state index contributed by atoms with van der Waals surface area (Å²) >= 11 is 0. The van der Waals surface area contributed by atoms with E-state index in [1.165, 1.54) is 278 Å². The quantitative estimate of drug-likeness (QED) is 0.257. The van der Waals surface area contributed by atoms with Gasteiger partial charge in [0.15, 0.2) is 0 Å². The predicted molar refractivity (Wildman–Crippen MR) is 376 cm³/mol. The van der Waals surface area contributed by atoms with Crippen molar-refractivity contribution in [2.45, 2.75) is 364 Å². The normalized spacial score (nSPS) is 29.1. The van der Waals surface area contributed by atoms with Crippen molar-refractivity contribution in [2.24, 2.45) is 37.9 Å². The van der Waals surface area contributed by atoms with Gasteiger partial charge in [-0.1, -0.05) is 51.4 Å². The zero-order valence-corrected chi connectivity index (χ0v) is 62.4. The van der Waals surface area contributed by atoms with Gasteiger partial charge in [-0.3, -0.25) is 34.3 Å². The molecule has 8 nitrogen and oxygen atoms in total. The highest BCUT2D eigenvalue weighted by molar-refractivity contribution is 5.04. The van der Waals surface area contributed by atoms with E-state index in [2.05, 4.69) is 173 Å². The molecule has 508 valence electrons. The summed E-state index contributed by atoms with van der Waals surface area (Å²) in [5.41, 5.74) is 7.65. The lowest BCUT2D eigenvalue weighted by Gasteiger charge is -2.54. The Balaban J connectivity index is 0.000000132. The summed E-state index contributed by atoms with van der Waals surface area (Å²) in [7, 11) is 0. The summed E-state index contributed by atoms with van der Waals surface area (Å²) in [5, 5.41) is 0. The van der Waals surface area contributed by atoms with Crippen LogP contribution >= 0.6 is 0 Å². The summed E-state index contributed by atoms with van der Waals surface area (Å²) in [6, 6.07) is 0.776. The van der Waals surface area contributed by atoms with Crippen LogP contribution < -0.4 is 0 Å². The maximum Gasteiger partial charge on any atom is 0.0545 e. The van der Waals surface area contributed by atoms with E-state index in [0.717, 1.165) is 51.7 Å². The fraction of sp³-hybridized carbons (Fsp3) is 1.00. The van der Waals surface area contributed by atoms with Gasteiger partial charge in [0.05, 0.1) is 13.2 Å². The molecule has 0 N–H and O–H groups in total. The largest absolute Gasteiger partial charge is 0.380 e. The zero-order chi connectivity index (χ0) is 63.6. The van der Waals surface area contributed by atoms with E-state index in [9.17, 15) is 0 Å². The minimum Gasteiger partial charge on any atom is -0.380 e. The summed E-state index contributed by atoms with van der Waals surface area (Å²) in [4.78, 5) is 18.5. The standard InChI is InChI=1S/C13H25N.C12H23N.C11H21NO.3C11H21N.C10H19N/c1-12(2,3)14-10-9-13(11-14)7-5-4-6-8-13;1-11(2,3)13-9-7-12(8-10-13)5-4-6-12;1-10(2,3)12-6-4-11(5-7-12)8-13-9-11;1-10(2,3)12-8-6-11(4-5-11)7-9-12;1-10(2,3)12-8-7-11(9-12)5-4-6-11;1-10(2)12-8-11(9-12)6-4-3-5-7-11;1-9(2,3)11-7-6-10(8-11)4-5-10/h4-11H2,1-3H3;4-10H2,1-3H3;4-9H2,1-3H3;2*4-9H2,1-3H3;10H,3-9H2,1-2H3;4-8H2,1-3H3. The van der Waals surface area contributed by atoms with Gasteiger partial charge in [0.1, 0.15) is 0 Å². The first-order valence-electron chi connectivity index (χ1n) is 38.2. The van der Waals surface area contributed by atoms with Crippen LogP contribution in [-0.2, 0) is 4.74 Å². The maximum absolute atomic E-state index is 5.32. The van der Waals surface area contributed by atoms with Gasteiger partial charge in [0.25, 0.3) is 0 Å². The van der Waals surface area contributed by atoms with E-state index >= 15 is 0 Å². The number of ether oxygens (including phenoxy) is 1. The van der Waals surface area contributed by atoms with Crippen molar-refractivity contribution in [3.05, 3.63) is 0 Å². The molecule has 87 heavy (non-hydrogen) atoms. The Labute approximate surface area is 543 Å². The minimum atomic E-state index is 0.353. The second-order valence-corrected chi connectivity index (χ2v) is 39.8. The molecule has 0 bridgehead atoms. The smallest absolute Gasteiger partial charge is 0.0545 e. The fourth-order valence-electron chi connectivity index (χ4n) is 18.2. The van der Waals surface area contributed by atoms with Gasteiger partial charge < -0.3 is 4.74 Å². The van der Waals surface area contributed by atoms with E-state index in [-0.39, 0.29) is 0 Å². The molecule has 7 spiro atoms. The number of likely N-dealkylation sites (tertiary alicyclic amines) is 7. The van der Waals surface area contributed by atoms with Crippen molar-refractivity contribution < 1.29 is 4.74 Å². The average Bonchev–Trinajstić information content (AvgIpc) is 1.90. The Kier molecular flexibility index (Phi) is 23.5. The van der Waals surface area contributed by atoms with Crippen LogP contribution in [0.25, 0.3) is 0 Å². The monoisotopic (exact) mass is 1210 g/mol. The molecule has 14 rings (SSSR count). The molecule has 8 saturated heterocycles. The van der Waals surface area contributed by atoms with Crippen LogP contribution in [0.15, 0.2) is 0 Å². The van der Waals surface area contributed by atoms with Crippen LogP contribution in [0, 0.1) is 37.9 Å². The molecule has 0 unspecified atom stereocenters. The van der Waals surface area contributed by atoms with Crippen molar-refractivity contribution in [1.29, 1.82) is 0 Å². The molecule has 0 amide bonds. The third kappa shape index (κ3) is 20.1. The van der Waals surface area contributed by atoms with Crippen molar-refractivity contribution in [1.82, 2.24) is 34.3 Å². The molecule has 6 aliphatic carbocycles. The Hall–Kier alpha value is -0.320. The second-order valence-electron chi connectivity index (χ2n) is 39.8. The molecule has 8 heteroatoms. The van der Waals surface area contributed by atoms with E-state index < -0.39 is 0 Å². The molecular weight excluding hydrogens is 1060 g/mol. The molecule has 0 aromatic carbocycles. The molecule has 14 aliphatic rings. The summed E-state index contributed by atoms with van der Waals surface area (Å²) in [6.07, 6.45) is 42.9. The van der Waals surface area contributed by atoms with Gasteiger partial charge in [-0.05, 0) is 365 Å². The molecule has 14 fully saturated rings. The summed E-state index contributed by atoms with van der Waals surface area (Å²) < 4.78 is 5.32. The second kappa shape index (κ2) is 28.2. The van der Waals surface area contributed by atoms with Gasteiger partial charge >= 0.3 is 0 Å². The highest BCUT2D eigenvalue weighted by Gasteiger charge is 2.51. The van der Waals surface area contributed by atoms with Crippen LogP contribution in [0.3, 0.4) is 0 Å². The summed E-state index contributed by atoms with van der Waals surface area (Å²) in [6.45, 7) is 67.4. The SMILES string of the molecule is CC(C)(C)N1CCC2(CC1)CC2.CC(C)(C)N1CCC2(CC1)COC2.CC(C)(C)N1CCC2(CC2)C1.CC(C)(C)N1CCC2(CCC2)C1.CC(C)(C)N1CCC2(CCC2)CC1.CC(C)(C)N1CCC2(CCCCC2)C1.CC(C)N1CC2(CCCCC2)C1. The highest BCUT2D eigenvalue weighted by Crippen LogP contribution is 2.56. The maximum atomic E-state index is 5.32. The molecule has 0 atom stereocenters. The van der Waals surface area contributed by atoms with Gasteiger partial charge in [-0.25, -0.2) is 0 Å². The number of hydrogen-bond donors (Lipinski definition) is 0. The molecular formula is C79H151N7O. The Morgan fingerprint density at radius 3 is 0.678 bits per heavy atom. The minimum absolute atomic E-state index is 0.353. The first-order chi connectivity index (χ1) is 40.3. The molecule has 8 aliphatic heterocycles. The highest BCUT2D eigenvalue weighted by atomic mass is 16.5. The van der Waals surface area contributed by atoms with E-state index in [1.54, 1.807) is 0 Å². The van der Waals surface area contributed by atoms with Gasteiger partial charge in [-0.15, -0.1) is 0 Å². The third-order valence-corrected chi connectivity index (χ3v) is 26.7. The summed E-state index contributed by atoms with van der Waals surface area (Å²) in [5.74, 6) is 0. The van der Waals surface area contributed by atoms with Gasteiger partial charge in [0, 0.05) is 77.4 Å². The van der Waals surface area contributed by atoms with Gasteiger partial charge in [-0.2, -0.15) is 0 Å². The molecule has 0 aromatic heterocycles. The first-order valence-corrected chi connectivity index (χ1v) is 38.2. The van der Waals surface area contributed by atoms with E-state index in [4.69, 9.17) is 4.74 Å². The Morgan fingerprint density at radius 1 is 0.230 bits per heavy atom. The van der Waals surface area contributed by atoms with Crippen molar-refractivity contribution in [3.8, 4) is 0 Å². The van der Waals surface area contributed by atoms with Crippen LogP contribution in [0.2, 0.25) is 0 Å². The van der Waals surface area contributed by atoms with E-state index in [1.807, 2.05) is 0 Å². The topological polar surface area (TPSA) is 31.9 Å². The Bertz CT molecular complexity index is 1990. The van der Waals surface area contributed by atoms with E-state index in [0.29, 0.717) is 38.6 Å². The van der Waals surface area contributed by atoms with Crippen molar-refractivity contribution in [2.75, 3.05) is 105 Å². The number of hydrogen-bond acceptors (Lipinski definition) is 8.